The van der Waals surface area contributed by atoms with Crippen molar-refractivity contribution in [1.82, 2.24) is 0 Å². The summed E-state index contributed by atoms with van der Waals surface area (Å²) in [5.74, 6) is 1.16. The highest BCUT2D eigenvalue weighted by molar-refractivity contribution is 7.94. The zero-order valence-electron chi connectivity index (χ0n) is 3.52. The molecule has 1 aliphatic heterocycles. The minimum Gasteiger partial charge on any atom is -0.309 e. The molecule has 35 valence electrons. The zero-order chi connectivity index (χ0) is 4.24. The maximum Gasteiger partial charge on any atom is 0.0996 e. The Morgan fingerprint density at radius 1 is 1.67 bits per heavy atom. The van der Waals surface area contributed by atoms with E-state index in [2.05, 4.69) is 0 Å². The van der Waals surface area contributed by atoms with Crippen LogP contribution in [0.1, 0.15) is 12.8 Å². The highest BCUT2D eigenvalue weighted by atomic mass is 32.2. The van der Waals surface area contributed by atoms with Crippen molar-refractivity contribution < 1.29 is 4.18 Å². The molecule has 1 nitrogen and oxygen atoms in total. The molecule has 1 rings (SSSR count). The van der Waals surface area contributed by atoms with Crippen LogP contribution in [0.25, 0.3) is 0 Å². The van der Waals surface area contributed by atoms with Gasteiger partial charge in [-0.3, -0.25) is 0 Å². The van der Waals surface area contributed by atoms with Crippen molar-refractivity contribution in [2.45, 2.75) is 12.8 Å². The van der Waals surface area contributed by atoms with E-state index in [4.69, 9.17) is 4.18 Å². The van der Waals surface area contributed by atoms with E-state index in [-0.39, 0.29) is 0 Å². The third kappa shape index (κ3) is 1.19. The molecule has 0 spiro atoms. The van der Waals surface area contributed by atoms with Gasteiger partial charge < -0.3 is 4.18 Å². The second-order valence-electron chi connectivity index (χ2n) is 1.23. The fraction of sp³-hybridized carbons (Fsp3) is 0.750. The Morgan fingerprint density at radius 2 is 2.67 bits per heavy atom. The van der Waals surface area contributed by atoms with Gasteiger partial charge in [0, 0.05) is 5.75 Å². The van der Waals surface area contributed by atoms with Gasteiger partial charge in [-0.25, -0.2) is 0 Å². The Morgan fingerprint density at radius 3 is 2.83 bits per heavy atom. The smallest absolute Gasteiger partial charge is 0.0996 e. The van der Waals surface area contributed by atoms with Crippen LogP contribution in [0.2, 0.25) is 0 Å². The average molecular weight is 103 g/mol. The standard InChI is InChI=1S/C4H7OS/c1-2-4-6-5-3-1/h3H,1-2,4H2. The highest BCUT2D eigenvalue weighted by Gasteiger charge is 1.97. The minimum atomic E-state index is 1.13. The minimum absolute atomic E-state index is 1.13. The molecule has 0 unspecified atom stereocenters. The molecular formula is C4H7OS. The van der Waals surface area contributed by atoms with Crippen molar-refractivity contribution in [2.75, 3.05) is 5.75 Å². The molecule has 1 radical (unpaired) electrons. The molecule has 0 saturated carbocycles. The summed E-state index contributed by atoms with van der Waals surface area (Å²) >= 11 is 1.54. The lowest BCUT2D eigenvalue weighted by Crippen LogP contribution is -1.90. The number of hydrogen-bond acceptors (Lipinski definition) is 2. The third-order valence-electron chi connectivity index (χ3n) is 0.686. The second-order valence-corrected chi connectivity index (χ2v) is 2.06. The van der Waals surface area contributed by atoms with Gasteiger partial charge in [0.05, 0.1) is 6.61 Å². The summed E-state index contributed by atoms with van der Waals surface area (Å²) in [4.78, 5) is 0. The third-order valence-corrected chi connectivity index (χ3v) is 1.41. The normalized spacial score (nSPS) is 24.0. The van der Waals surface area contributed by atoms with E-state index in [1.54, 1.807) is 0 Å². The summed E-state index contributed by atoms with van der Waals surface area (Å²) in [6.45, 7) is 1.86. The van der Waals surface area contributed by atoms with Gasteiger partial charge in [0.2, 0.25) is 0 Å². The predicted octanol–water partition coefficient (Wildman–Crippen LogP) is 1.61. The fourth-order valence-corrected chi connectivity index (χ4v) is 0.943. The van der Waals surface area contributed by atoms with Crippen LogP contribution in [0.3, 0.4) is 0 Å². The summed E-state index contributed by atoms with van der Waals surface area (Å²) in [5, 5.41) is 0. The van der Waals surface area contributed by atoms with Gasteiger partial charge in [-0.2, -0.15) is 0 Å². The monoisotopic (exact) mass is 103 g/mol. The van der Waals surface area contributed by atoms with E-state index in [0.717, 1.165) is 12.2 Å². The van der Waals surface area contributed by atoms with Gasteiger partial charge in [-0.15, -0.1) is 0 Å². The van der Waals surface area contributed by atoms with E-state index in [0.29, 0.717) is 0 Å². The maximum atomic E-state index is 4.86. The largest absolute Gasteiger partial charge is 0.309 e. The van der Waals surface area contributed by atoms with Gasteiger partial charge >= 0.3 is 0 Å². The fourth-order valence-electron chi connectivity index (χ4n) is 0.370. The van der Waals surface area contributed by atoms with Gasteiger partial charge in [0.25, 0.3) is 0 Å². The van der Waals surface area contributed by atoms with Crippen molar-refractivity contribution in [3.63, 3.8) is 0 Å². The lowest BCUT2D eigenvalue weighted by molar-refractivity contribution is 0.435. The zero-order valence-corrected chi connectivity index (χ0v) is 4.33. The van der Waals surface area contributed by atoms with Crippen LogP contribution in [0.5, 0.6) is 0 Å². The SMILES string of the molecule is [CH]1CCCSO1. The van der Waals surface area contributed by atoms with Crippen molar-refractivity contribution in [1.29, 1.82) is 0 Å². The van der Waals surface area contributed by atoms with Crippen LogP contribution < -0.4 is 0 Å². The Labute approximate surface area is 42.3 Å². The van der Waals surface area contributed by atoms with Crippen molar-refractivity contribution in [3.05, 3.63) is 6.61 Å². The van der Waals surface area contributed by atoms with E-state index in [9.17, 15) is 0 Å². The van der Waals surface area contributed by atoms with Crippen LogP contribution in [-0.4, -0.2) is 5.75 Å². The molecule has 6 heavy (non-hydrogen) atoms. The average Bonchev–Trinajstić information content (AvgIpc) is 1.72. The first-order valence-corrected chi connectivity index (χ1v) is 3.01. The predicted molar refractivity (Wildman–Crippen MR) is 27.1 cm³/mol. The quantitative estimate of drug-likeness (QED) is 0.431. The molecule has 1 aliphatic rings. The van der Waals surface area contributed by atoms with E-state index in [1.165, 1.54) is 18.5 Å². The number of hydrogen-bond donors (Lipinski definition) is 0. The molecule has 0 aromatic rings. The molecule has 1 fully saturated rings. The van der Waals surface area contributed by atoms with Gasteiger partial charge in [0.15, 0.2) is 0 Å². The van der Waals surface area contributed by atoms with E-state index < -0.39 is 0 Å². The molecular weight excluding hydrogens is 96.1 g/mol. The van der Waals surface area contributed by atoms with Crippen molar-refractivity contribution in [3.8, 4) is 0 Å². The molecule has 0 atom stereocenters. The second kappa shape index (κ2) is 2.48. The molecule has 0 N–H and O–H groups in total. The van der Waals surface area contributed by atoms with E-state index >= 15 is 0 Å². The highest BCUT2D eigenvalue weighted by Crippen LogP contribution is 2.16. The molecule has 2 heteroatoms. The van der Waals surface area contributed by atoms with Gasteiger partial charge in [-0.1, -0.05) is 0 Å². The van der Waals surface area contributed by atoms with Crippen LogP contribution in [0.15, 0.2) is 0 Å². The Bertz CT molecular complexity index is 23.0. The summed E-state index contributed by atoms with van der Waals surface area (Å²) < 4.78 is 4.86. The first-order chi connectivity index (χ1) is 3.00. The van der Waals surface area contributed by atoms with Crippen molar-refractivity contribution >= 4 is 12.0 Å². The van der Waals surface area contributed by atoms with Gasteiger partial charge in [-0.05, 0) is 24.9 Å². The topological polar surface area (TPSA) is 9.23 Å². The van der Waals surface area contributed by atoms with Crippen LogP contribution in [0.4, 0.5) is 0 Å². The van der Waals surface area contributed by atoms with Crippen molar-refractivity contribution in [2.24, 2.45) is 0 Å². The molecule has 0 aliphatic carbocycles. The Kier molecular flexibility index (Phi) is 1.85. The van der Waals surface area contributed by atoms with Gasteiger partial charge in [0.1, 0.15) is 0 Å². The van der Waals surface area contributed by atoms with Crippen LogP contribution in [-0.2, 0) is 4.18 Å². The molecule has 0 bridgehead atoms. The summed E-state index contributed by atoms with van der Waals surface area (Å²) in [5.41, 5.74) is 0. The summed E-state index contributed by atoms with van der Waals surface area (Å²) in [6, 6.07) is 0. The van der Waals surface area contributed by atoms with E-state index in [1.807, 2.05) is 6.61 Å². The number of rotatable bonds is 0. The lowest BCUT2D eigenvalue weighted by atomic mass is 10.4. The molecule has 1 saturated heterocycles. The molecule has 1 heterocycles. The maximum absolute atomic E-state index is 4.86. The van der Waals surface area contributed by atoms with Crippen LogP contribution >= 0.6 is 12.0 Å². The summed E-state index contributed by atoms with van der Waals surface area (Å²) in [7, 11) is 0. The lowest BCUT2D eigenvalue weighted by Gasteiger charge is -2.05. The molecule has 0 aromatic carbocycles. The Balaban J connectivity index is 2.00. The molecule has 0 amide bonds. The van der Waals surface area contributed by atoms with Crippen LogP contribution in [0, 0.1) is 6.61 Å². The first kappa shape index (κ1) is 4.47. The Hall–Kier alpha value is 0.310. The first-order valence-electron chi connectivity index (χ1n) is 2.10. The summed E-state index contributed by atoms with van der Waals surface area (Å²) in [6.07, 6.45) is 2.41. The molecule has 0 aromatic heterocycles.